The number of nitrogens with two attached hydrogens (primary N) is 1. The fourth-order valence-corrected chi connectivity index (χ4v) is 0.857. The van der Waals surface area contributed by atoms with Crippen LogP contribution in [0, 0.1) is 0 Å². The smallest absolute Gasteiger partial charge is 0.115 e. The number of nitrogen functional groups attached to an aromatic ring is 1. The summed E-state index contributed by atoms with van der Waals surface area (Å²) in [4.78, 5) is 0. The monoisotopic (exact) mass is 159 g/mol. The molecule has 0 atom stereocenters. The summed E-state index contributed by atoms with van der Waals surface area (Å²) in [6, 6.07) is 4.73. The molecule has 0 unspecified atom stereocenters. The van der Waals surface area contributed by atoms with Crippen LogP contribution < -0.4 is 5.73 Å². The topological polar surface area (TPSA) is 26.0 Å². The van der Waals surface area contributed by atoms with E-state index in [1.165, 1.54) is 6.07 Å². The van der Waals surface area contributed by atoms with Crippen molar-refractivity contribution in [3.8, 4) is 0 Å². The minimum atomic E-state index is -0.500. The minimum Gasteiger partial charge on any atom is -0.398 e. The standard InChI is InChI=1S/C7H7ClFN/c8-6-3-5(4-9)1-2-7(6)10/h1-3H,4,10H2. The van der Waals surface area contributed by atoms with Crippen molar-refractivity contribution < 1.29 is 4.39 Å². The van der Waals surface area contributed by atoms with Crippen LogP contribution in [0.1, 0.15) is 5.56 Å². The summed E-state index contributed by atoms with van der Waals surface area (Å²) in [6.07, 6.45) is 0. The first-order valence-electron chi connectivity index (χ1n) is 2.84. The SMILES string of the molecule is Nc1ccc(CF)cc1Cl. The molecule has 1 rings (SSSR count). The normalized spacial score (nSPS) is 9.80. The first-order chi connectivity index (χ1) is 4.74. The van der Waals surface area contributed by atoms with Gasteiger partial charge in [-0.3, -0.25) is 0 Å². The number of anilines is 1. The summed E-state index contributed by atoms with van der Waals surface area (Å²) in [6.45, 7) is -0.500. The van der Waals surface area contributed by atoms with Gasteiger partial charge in [-0.2, -0.15) is 0 Å². The molecule has 2 N–H and O–H groups in total. The molecular weight excluding hydrogens is 153 g/mol. The molecule has 0 saturated heterocycles. The molecule has 0 aliphatic rings. The summed E-state index contributed by atoms with van der Waals surface area (Å²) >= 11 is 5.60. The molecule has 0 fully saturated rings. The van der Waals surface area contributed by atoms with Gasteiger partial charge in [0.05, 0.1) is 10.7 Å². The lowest BCUT2D eigenvalue weighted by Crippen LogP contribution is -1.86. The molecule has 0 radical (unpaired) electrons. The molecule has 0 amide bonds. The summed E-state index contributed by atoms with van der Waals surface area (Å²) in [5, 5.41) is 0.412. The highest BCUT2D eigenvalue weighted by Crippen LogP contribution is 2.19. The molecule has 1 aromatic rings. The molecular formula is C7H7ClFN. The lowest BCUT2D eigenvalue weighted by molar-refractivity contribution is 0.485. The Labute approximate surface area is 63.6 Å². The Morgan fingerprint density at radius 3 is 2.70 bits per heavy atom. The Morgan fingerprint density at radius 1 is 1.50 bits per heavy atom. The Bertz CT molecular complexity index is 237. The van der Waals surface area contributed by atoms with Gasteiger partial charge in [0, 0.05) is 0 Å². The Hall–Kier alpha value is -0.760. The number of hydrogen-bond donors (Lipinski definition) is 1. The molecule has 0 aromatic heterocycles. The molecule has 10 heavy (non-hydrogen) atoms. The number of rotatable bonds is 1. The van der Waals surface area contributed by atoms with Crippen molar-refractivity contribution in [3.05, 3.63) is 28.8 Å². The van der Waals surface area contributed by atoms with Gasteiger partial charge in [-0.05, 0) is 17.7 Å². The van der Waals surface area contributed by atoms with Crippen molar-refractivity contribution in [1.29, 1.82) is 0 Å². The number of halogens is 2. The summed E-state index contributed by atoms with van der Waals surface area (Å²) in [7, 11) is 0. The van der Waals surface area contributed by atoms with Gasteiger partial charge in [0.1, 0.15) is 6.67 Å². The molecule has 1 nitrogen and oxygen atoms in total. The van der Waals surface area contributed by atoms with Crippen molar-refractivity contribution in [2.75, 3.05) is 5.73 Å². The van der Waals surface area contributed by atoms with Crippen LogP contribution >= 0.6 is 11.6 Å². The van der Waals surface area contributed by atoms with Crippen molar-refractivity contribution in [2.45, 2.75) is 6.67 Å². The molecule has 0 spiro atoms. The third-order valence-corrected chi connectivity index (χ3v) is 1.55. The van der Waals surface area contributed by atoms with E-state index in [0.29, 0.717) is 16.3 Å². The molecule has 54 valence electrons. The maximum Gasteiger partial charge on any atom is 0.115 e. The second-order valence-corrected chi connectivity index (χ2v) is 2.40. The second-order valence-electron chi connectivity index (χ2n) is 1.99. The molecule has 3 heteroatoms. The predicted octanol–water partition coefficient (Wildman–Crippen LogP) is 2.39. The van der Waals surface area contributed by atoms with Crippen LogP contribution in [0.4, 0.5) is 10.1 Å². The van der Waals surface area contributed by atoms with Crippen LogP contribution in [-0.2, 0) is 6.67 Å². The molecule has 1 aromatic carbocycles. The van der Waals surface area contributed by atoms with E-state index in [9.17, 15) is 4.39 Å². The number of hydrogen-bond acceptors (Lipinski definition) is 1. The van der Waals surface area contributed by atoms with E-state index in [1.807, 2.05) is 0 Å². The van der Waals surface area contributed by atoms with Crippen LogP contribution in [0.15, 0.2) is 18.2 Å². The third kappa shape index (κ3) is 1.39. The average molecular weight is 160 g/mol. The van der Waals surface area contributed by atoms with E-state index in [0.717, 1.165) is 0 Å². The van der Waals surface area contributed by atoms with Gasteiger partial charge in [-0.15, -0.1) is 0 Å². The first-order valence-corrected chi connectivity index (χ1v) is 3.21. The van der Waals surface area contributed by atoms with E-state index in [1.54, 1.807) is 12.1 Å². The van der Waals surface area contributed by atoms with Crippen molar-refractivity contribution >= 4 is 17.3 Å². The van der Waals surface area contributed by atoms with Crippen LogP contribution in [0.2, 0.25) is 5.02 Å². The van der Waals surface area contributed by atoms with Gasteiger partial charge < -0.3 is 5.73 Å². The fourth-order valence-electron chi connectivity index (χ4n) is 0.654. The maximum absolute atomic E-state index is 11.9. The largest absolute Gasteiger partial charge is 0.398 e. The molecule has 0 saturated carbocycles. The van der Waals surface area contributed by atoms with E-state index in [2.05, 4.69) is 0 Å². The Morgan fingerprint density at radius 2 is 2.20 bits per heavy atom. The number of benzene rings is 1. The average Bonchev–Trinajstić information content (AvgIpc) is 1.95. The number of alkyl halides is 1. The predicted molar refractivity (Wildman–Crippen MR) is 40.7 cm³/mol. The minimum absolute atomic E-state index is 0.412. The van der Waals surface area contributed by atoms with Gasteiger partial charge in [-0.1, -0.05) is 17.7 Å². The lowest BCUT2D eigenvalue weighted by atomic mass is 10.2. The molecule has 0 bridgehead atoms. The van der Waals surface area contributed by atoms with Crippen LogP contribution in [0.25, 0.3) is 0 Å². The second kappa shape index (κ2) is 2.88. The molecule has 0 aliphatic carbocycles. The highest BCUT2D eigenvalue weighted by atomic mass is 35.5. The van der Waals surface area contributed by atoms with Crippen LogP contribution in [-0.4, -0.2) is 0 Å². The van der Waals surface area contributed by atoms with E-state index in [-0.39, 0.29) is 0 Å². The maximum atomic E-state index is 11.9. The lowest BCUT2D eigenvalue weighted by Gasteiger charge is -1.97. The summed E-state index contributed by atoms with van der Waals surface area (Å²) < 4.78 is 11.9. The first kappa shape index (κ1) is 7.35. The van der Waals surface area contributed by atoms with Crippen LogP contribution in [0.3, 0.4) is 0 Å². The van der Waals surface area contributed by atoms with Gasteiger partial charge in [0.25, 0.3) is 0 Å². The van der Waals surface area contributed by atoms with E-state index >= 15 is 0 Å². The quantitative estimate of drug-likeness (QED) is 0.626. The molecule has 0 aliphatic heterocycles. The zero-order chi connectivity index (χ0) is 7.56. The highest BCUT2D eigenvalue weighted by Gasteiger charge is 1.96. The summed E-state index contributed by atoms with van der Waals surface area (Å²) in [5.74, 6) is 0. The summed E-state index contributed by atoms with van der Waals surface area (Å²) in [5.41, 5.74) is 6.43. The van der Waals surface area contributed by atoms with Crippen LogP contribution in [0.5, 0.6) is 0 Å². The Balaban J connectivity index is 3.04. The van der Waals surface area contributed by atoms with E-state index in [4.69, 9.17) is 17.3 Å². The zero-order valence-electron chi connectivity index (χ0n) is 5.27. The van der Waals surface area contributed by atoms with Gasteiger partial charge >= 0.3 is 0 Å². The third-order valence-electron chi connectivity index (χ3n) is 1.22. The molecule has 0 heterocycles. The van der Waals surface area contributed by atoms with Gasteiger partial charge in [-0.25, -0.2) is 4.39 Å². The van der Waals surface area contributed by atoms with Crippen molar-refractivity contribution in [1.82, 2.24) is 0 Å². The van der Waals surface area contributed by atoms with Crippen molar-refractivity contribution in [2.24, 2.45) is 0 Å². The zero-order valence-corrected chi connectivity index (χ0v) is 6.03. The fraction of sp³-hybridized carbons (Fsp3) is 0.143. The highest BCUT2D eigenvalue weighted by molar-refractivity contribution is 6.33. The van der Waals surface area contributed by atoms with Gasteiger partial charge in [0.2, 0.25) is 0 Å². The Kier molecular flexibility index (Phi) is 2.12. The van der Waals surface area contributed by atoms with Gasteiger partial charge in [0.15, 0.2) is 0 Å². The van der Waals surface area contributed by atoms with E-state index < -0.39 is 6.67 Å². The van der Waals surface area contributed by atoms with Crippen molar-refractivity contribution in [3.63, 3.8) is 0 Å².